The minimum Gasteiger partial charge on any atom is -0.479 e. The number of methoxy groups -OCH3 is 2. The number of hydrogen-bond donors (Lipinski definition) is 1. The van der Waals surface area contributed by atoms with E-state index in [0.717, 1.165) is 89.8 Å². The number of likely N-dealkylation sites (N-methyl/N-ethyl adjacent to an activating group) is 3. The molecule has 0 amide bonds. The molecule has 6 saturated heterocycles. The molecule has 0 aromatic heterocycles. The molecule has 13 rings (SSSR count). The minimum absolute atomic E-state index is 0.00347. The van der Waals surface area contributed by atoms with Gasteiger partial charge in [0.05, 0.1) is 44.1 Å². The lowest BCUT2D eigenvalue weighted by molar-refractivity contribution is 0.0503. The third kappa shape index (κ3) is 44.3. The second-order valence-corrected chi connectivity index (χ2v) is 30.0. The van der Waals surface area contributed by atoms with E-state index in [0.29, 0.717) is 23.9 Å². The molecule has 0 spiro atoms. The number of benzene rings is 1. The topological polar surface area (TPSA) is 101 Å². The summed E-state index contributed by atoms with van der Waals surface area (Å²) >= 11 is 15.0. The number of halogens is 2. The van der Waals surface area contributed by atoms with Crippen LogP contribution in [0.15, 0.2) is 52.0 Å². The molecule has 0 radical (unpaired) electrons. The highest BCUT2D eigenvalue weighted by molar-refractivity contribution is 8.14. The molecule has 12 aliphatic rings. The molecule has 9 fully saturated rings. The molecule has 3 saturated carbocycles. The average Bonchev–Trinajstić information content (AvgIpc) is 4.23. The first-order valence-electron chi connectivity index (χ1n) is 34.1. The van der Waals surface area contributed by atoms with Crippen molar-refractivity contribution < 1.29 is 24.1 Å². The van der Waals surface area contributed by atoms with Gasteiger partial charge in [0.1, 0.15) is 10.9 Å². The zero-order chi connectivity index (χ0) is 64.1. The van der Waals surface area contributed by atoms with E-state index >= 15 is 0 Å². The van der Waals surface area contributed by atoms with Crippen LogP contribution in [0.4, 0.5) is 0 Å². The summed E-state index contributed by atoms with van der Waals surface area (Å²) in [6, 6.07) is 12.2. The summed E-state index contributed by atoms with van der Waals surface area (Å²) in [7, 11) is 16.5. The summed E-state index contributed by atoms with van der Waals surface area (Å²) in [6.07, 6.45) is 27.4. The Balaban J connectivity index is 0.000000325. The third-order valence-corrected chi connectivity index (χ3v) is 20.8. The van der Waals surface area contributed by atoms with Crippen molar-refractivity contribution in [3.8, 4) is 0 Å². The lowest BCUT2D eigenvalue weighted by Gasteiger charge is -2.23. The largest absolute Gasteiger partial charge is 0.479 e. The fraction of sp³-hybridized carbons (Fsp3) is 0.857. The van der Waals surface area contributed by atoms with Crippen LogP contribution in [0.3, 0.4) is 0 Å². The van der Waals surface area contributed by atoms with Crippen LogP contribution in [0.5, 0.6) is 0 Å². The van der Waals surface area contributed by atoms with Gasteiger partial charge in [-0.2, -0.15) is 0 Å². The van der Waals surface area contributed by atoms with Crippen molar-refractivity contribution in [3.63, 3.8) is 0 Å². The van der Waals surface area contributed by atoms with Gasteiger partial charge in [-0.25, -0.2) is 0 Å². The van der Waals surface area contributed by atoms with E-state index in [9.17, 15) is 5.11 Å². The van der Waals surface area contributed by atoms with E-state index in [-0.39, 0.29) is 10.4 Å². The van der Waals surface area contributed by atoms with Crippen molar-refractivity contribution in [2.45, 2.75) is 192 Å². The van der Waals surface area contributed by atoms with Gasteiger partial charge in [-0.1, -0.05) is 82.0 Å². The van der Waals surface area contributed by atoms with E-state index in [1.165, 1.54) is 183 Å². The van der Waals surface area contributed by atoms with Crippen LogP contribution < -0.4 is 0 Å². The number of likely N-dealkylation sites (tertiary alicyclic amines) is 4. The number of piperidine rings is 1. The number of allylic oxidation sites excluding steroid dienone is 2. The molecule has 8 aliphatic heterocycles. The maximum atomic E-state index is 9.18. The van der Waals surface area contributed by atoms with Gasteiger partial charge >= 0.3 is 0 Å². The molecular weight excluding hydrogens is 1170 g/mol. The lowest BCUT2D eigenvalue weighted by Crippen LogP contribution is -2.32. The van der Waals surface area contributed by atoms with Gasteiger partial charge in [-0.05, 0) is 227 Å². The summed E-state index contributed by atoms with van der Waals surface area (Å²) < 4.78 is 19.8. The Bertz CT molecular complexity index is 1790. The van der Waals surface area contributed by atoms with E-state index < -0.39 is 0 Å². The van der Waals surface area contributed by atoms with Crippen molar-refractivity contribution in [2.24, 2.45) is 27.7 Å². The molecule has 1 aromatic rings. The molecule has 1 N–H and O–H groups in total. The fourth-order valence-electron chi connectivity index (χ4n) is 10.9. The number of rotatable bonds is 5. The predicted octanol–water partition coefficient (Wildman–Crippen LogP) is 14.5. The quantitative estimate of drug-likeness (QED) is 0.224. The molecule has 87 heavy (non-hydrogen) atoms. The van der Waals surface area contributed by atoms with Gasteiger partial charge in [0.2, 0.25) is 0 Å². The van der Waals surface area contributed by atoms with Gasteiger partial charge in [-0.15, -0.1) is 46.7 Å². The number of aliphatic imine (C=N–C) groups is 2. The van der Waals surface area contributed by atoms with E-state index in [1.807, 2.05) is 37.4 Å². The number of alkyl halides is 2. The number of morpholine rings is 1. The van der Waals surface area contributed by atoms with Crippen molar-refractivity contribution in [2.75, 3.05) is 179 Å². The molecule has 3 unspecified atom stereocenters. The van der Waals surface area contributed by atoms with Crippen LogP contribution in [0.25, 0.3) is 0 Å². The fourth-order valence-corrected chi connectivity index (χ4v) is 13.0. The van der Waals surface area contributed by atoms with Crippen molar-refractivity contribution in [1.82, 2.24) is 29.4 Å². The second kappa shape index (κ2) is 51.4. The highest BCUT2D eigenvalue weighted by Crippen LogP contribution is 2.52. The lowest BCUT2D eigenvalue weighted by atomic mass is 9.88. The summed E-state index contributed by atoms with van der Waals surface area (Å²) in [5.74, 6) is 7.49. The Hall–Kier alpha value is -1.02. The van der Waals surface area contributed by atoms with Crippen LogP contribution in [0.1, 0.15) is 175 Å². The number of thioether (sulfide) groups is 2. The molecule has 508 valence electrons. The van der Waals surface area contributed by atoms with Gasteiger partial charge in [0.25, 0.3) is 0 Å². The zero-order valence-corrected chi connectivity index (χ0v) is 61.3. The van der Waals surface area contributed by atoms with Gasteiger partial charge in [0.15, 0.2) is 5.90 Å². The summed E-state index contributed by atoms with van der Waals surface area (Å²) in [4.78, 5) is 22.1. The predicted molar refractivity (Wildman–Crippen MR) is 383 cm³/mol. The number of nitrogens with zero attached hydrogens (tertiary/aromatic N) is 8. The summed E-state index contributed by atoms with van der Waals surface area (Å²) in [6.45, 7) is 30.2. The highest BCUT2D eigenvalue weighted by atomic mass is 35.5. The first-order valence-corrected chi connectivity index (χ1v) is 37.0. The number of hydrogen-bond acceptors (Lipinski definition) is 15. The Labute approximate surface area is 554 Å². The zero-order valence-electron chi connectivity index (χ0n) is 58.1. The van der Waals surface area contributed by atoms with E-state index in [1.54, 1.807) is 19.8 Å². The average molecular weight is 1300 g/mol. The minimum atomic E-state index is -0.347. The van der Waals surface area contributed by atoms with Gasteiger partial charge < -0.3 is 48.6 Å². The molecule has 13 nitrogen and oxygen atoms in total. The molecule has 1 aromatic carbocycles. The van der Waals surface area contributed by atoms with E-state index in [4.69, 9.17) is 42.1 Å². The molecule has 7 atom stereocenters. The Morgan fingerprint density at radius 1 is 0.609 bits per heavy atom. The second-order valence-electron chi connectivity index (χ2n) is 26.1. The van der Waals surface area contributed by atoms with Crippen molar-refractivity contribution in [3.05, 3.63) is 47.5 Å². The van der Waals surface area contributed by atoms with Crippen LogP contribution >= 0.6 is 46.7 Å². The monoisotopic (exact) mass is 1300 g/mol. The number of aliphatic hydroxyl groups excluding tert-OH is 1. The molecule has 4 aliphatic carbocycles. The first-order chi connectivity index (χ1) is 41.8. The smallest absolute Gasteiger partial charge is 0.180 e. The summed E-state index contributed by atoms with van der Waals surface area (Å²) in [5, 5.41) is 10.4. The van der Waals surface area contributed by atoms with Crippen molar-refractivity contribution in [1.29, 1.82) is 0 Å². The first kappa shape index (κ1) is 82.1. The van der Waals surface area contributed by atoms with Crippen LogP contribution in [-0.4, -0.2) is 247 Å². The number of aliphatic hydroxyl groups is 1. The summed E-state index contributed by atoms with van der Waals surface area (Å²) in [5.41, 5.74) is 3.11. The molecule has 8 heterocycles. The van der Waals surface area contributed by atoms with Crippen LogP contribution in [0.2, 0.25) is 0 Å². The van der Waals surface area contributed by atoms with Gasteiger partial charge in [0, 0.05) is 76.8 Å². The Kier molecular flexibility index (Phi) is 48.5. The normalized spacial score (nSPS) is 28.1. The van der Waals surface area contributed by atoms with Gasteiger partial charge in [-0.3, -0.25) is 14.9 Å². The van der Waals surface area contributed by atoms with E-state index in [2.05, 4.69) is 146 Å². The van der Waals surface area contributed by atoms with Crippen LogP contribution in [-0.2, 0) is 18.9 Å². The van der Waals surface area contributed by atoms with Crippen molar-refractivity contribution >= 4 is 57.7 Å². The Morgan fingerprint density at radius 2 is 1.15 bits per heavy atom. The molecule has 0 bridgehead atoms. The third-order valence-electron chi connectivity index (χ3n) is 17.7. The number of ether oxygens (including phenoxy) is 4. The maximum absolute atomic E-state index is 9.18. The SMILES string of the molecule is CC1=CCCCC1.CC1=NCCO1.CC1=NCCS1.CC1CC1(Cl)Cl.CC1CCCC[C@@H]1O.CC1C[C@@H]1c1ccccc1.CN1CCCC1.CN1CCCCC1.CN1CCOCC1.CN1CCSC1.COC[C@@H]1CCCN1C.COC[C@H]1CCCN1C. The standard InChI is InChI=1S/C10H12.2C7H15NO.C7H14O.C7H12.C6H13N.C5H11NO.C5H11N.C4H6Cl2.C4H7NO.C4H9NS.C4H7NS/c1-8-7-10(8)9-5-3-2-4-6-9;2*1-8-5-3-4-7(8)6-9-2;1-6-4-2-3-5-7(6)8;2*1-7-5-3-2-4-6-7;1-6-2-4-7-5-3-6;1-6-4-2-3-5-6;1-3-2-4(3,5)6;1-4-5-2-3-6-4;1-5-2-3-6-4-5;1-4-5-2-3-6-4/h2-6,8,10H,7H2,1H3;2*7H,3-6H2,1-2H3;6-8H,2-5H2,1H3;5H,2-4,6H2,1H3;2-6H2,1H3;2-5H2,1H3;2-5H2,1H3;3H,2H2,1H3;2-3H2,1H3;2-4H2,1H3;2-3H2,1H3/t8?,10-;2*7-;6?,7-;;;;;;;;/m0100......../s1. The maximum Gasteiger partial charge on any atom is 0.180 e. The highest BCUT2D eigenvalue weighted by Gasteiger charge is 2.47. The molecular formula is C70H132Cl2N8O5S2. The van der Waals surface area contributed by atoms with Crippen LogP contribution in [0, 0.1) is 17.8 Å². The Morgan fingerprint density at radius 3 is 1.39 bits per heavy atom. The molecule has 17 heteroatoms.